The third kappa shape index (κ3) is 3.33. The highest BCUT2D eigenvalue weighted by Gasteiger charge is 2.29. The van der Waals surface area contributed by atoms with Crippen molar-refractivity contribution < 1.29 is 4.79 Å². The average molecular weight is 295 g/mol. The lowest BCUT2D eigenvalue weighted by Crippen LogP contribution is -2.46. The second-order valence-corrected chi connectivity index (χ2v) is 5.66. The van der Waals surface area contributed by atoms with Gasteiger partial charge in [0.2, 0.25) is 5.91 Å². The third-order valence-electron chi connectivity index (χ3n) is 4.44. The van der Waals surface area contributed by atoms with Crippen LogP contribution in [0.15, 0.2) is 30.3 Å². The molecule has 4 heteroatoms. The van der Waals surface area contributed by atoms with E-state index in [1.54, 1.807) is 0 Å². The van der Waals surface area contributed by atoms with Crippen LogP contribution < -0.4 is 5.32 Å². The second-order valence-electron chi connectivity index (χ2n) is 5.66. The zero-order valence-electron chi connectivity index (χ0n) is 11.8. The molecule has 2 aliphatic rings. The summed E-state index contributed by atoms with van der Waals surface area (Å²) in [5, 5.41) is 3.31. The summed E-state index contributed by atoms with van der Waals surface area (Å²) in [6, 6.07) is 10.8. The summed E-state index contributed by atoms with van der Waals surface area (Å²) in [6.07, 6.45) is 4.35. The Balaban J connectivity index is 0.00000147. The molecule has 1 unspecified atom stereocenters. The van der Waals surface area contributed by atoms with Crippen LogP contribution in [0, 0.1) is 0 Å². The van der Waals surface area contributed by atoms with Crippen LogP contribution in [0.1, 0.15) is 37.2 Å². The van der Waals surface area contributed by atoms with E-state index in [1.165, 1.54) is 5.56 Å². The molecule has 2 fully saturated rings. The molecule has 1 atom stereocenters. The predicted molar refractivity (Wildman–Crippen MR) is 83.3 cm³/mol. The summed E-state index contributed by atoms with van der Waals surface area (Å²) in [5.41, 5.74) is 1.42. The highest BCUT2D eigenvalue weighted by Crippen LogP contribution is 2.28. The van der Waals surface area contributed by atoms with Gasteiger partial charge >= 0.3 is 0 Å². The summed E-state index contributed by atoms with van der Waals surface area (Å²) in [7, 11) is 0. The number of hydrogen-bond acceptors (Lipinski definition) is 2. The van der Waals surface area contributed by atoms with Gasteiger partial charge in [0.15, 0.2) is 0 Å². The Morgan fingerprint density at radius 2 is 1.80 bits per heavy atom. The van der Waals surface area contributed by atoms with E-state index in [2.05, 4.69) is 40.5 Å². The molecule has 2 saturated heterocycles. The number of nitrogens with zero attached hydrogens (tertiary/aromatic N) is 1. The van der Waals surface area contributed by atoms with Gasteiger partial charge in [-0.1, -0.05) is 30.3 Å². The zero-order valence-corrected chi connectivity index (χ0v) is 12.6. The molecule has 1 N–H and O–H groups in total. The van der Waals surface area contributed by atoms with Gasteiger partial charge in [-0.2, -0.15) is 0 Å². The van der Waals surface area contributed by atoms with Gasteiger partial charge in [-0.25, -0.2) is 0 Å². The lowest BCUT2D eigenvalue weighted by atomic mass is 9.89. The number of benzene rings is 1. The van der Waals surface area contributed by atoms with Crippen LogP contribution in [0.3, 0.4) is 0 Å². The van der Waals surface area contributed by atoms with Crippen molar-refractivity contribution in [3.05, 3.63) is 35.9 Å². The van der Waals surface area contributed by atoms with Gasteiger partial charge in [0.25, 0.3) is 0 Å². The average Bonchev–Trinajstić information content (AvgIpc) is 3.02. The van der Waals surface area contributed by atoms with Crippen LogP contribution in [0.4, 0.5) is 0 Å². The first-order valence-electron chi connectivity index (χ1n) is 7.42. The number of hydrogen-bond donors (Lipinski definition) is 1. The molecule has 1 aromatic rings. The number of halogens is 1. The minimum absolute atomic E-state index is 0. The Morgan fingerprint density at radius 1 is 1.10 bits per heavy atom. The molecule has 1 aromatic carbocycles. The number of likely N-dealkylation sites (tertiary alicyclic amines) is 1. The fourth-order valence-corrected chi connectivity index (χ4v) is 3.27. The number of carbonyl (C=O) groups is 1. The molecular weight excluding hydrogens is 272 g/mol. The zero-order chi connectivity index (χ0) is 13.1. The van der Waals surface area contributed by atoms with E-state index < -0.39 is 0 Å². The molecule has 0 aromatic heterocycles. The number of rotatable bonds is 2. The lowest BCUT2D eigenvalue weighted by Gasteiger charge is -2.33. The summed E-state index contributed by atoms with van der Waals surface area (Å²) in [6.45, 7) is 2.82. The van der Waals surface area contributed by atoms with Crippen molar-refractivity contribution in [3.8, 4) is 0 Å². The summed E-state index contributed by atoms with van der Waals surface area (Å²) >= 11 is 0. The smallest absolute Gasteiger partial charge is 0.239 e. The molecule has 0 saturated carbocycles. The van der Waals surface area contributed by atoms with Crippen molar-refractivity contribution in [1.82, 2.24) is 10.2 Å². The van der Waals surface area contributed by atoms with E-state index in [0.29, 0.717) is 11.8 Å². The molecule has 0 aliphatic carbocycles. The normalized spacial score (nSPS) is 23.4. The van der Waals surface area contributed by atoms with Crippen LogP contribution in [0.2, 0.25) is 0 Å². The van der Waals surface area contributed by atoms with E-state index in [0.717, 1.165) is 45.3 Å². The molecule has 20 heavy (non-hydrogen) atoms. The predicted octanol–water partition coefficient (Wildman–Crippen LogP) is 2.57. The fraction of sp³-hybridized carbons (Fsp3) is 0.562. The van der Waals surface area contributed by atoms with Crippen molar-refractivity contribution in [1.29, 1.82) is 0 Å². The van der Waals surface area contributed by atoms with Crippen molar-refractivity contribution in [2.75, 3.05) is 19.6 Å². The minimum Gasteiger partial charge on any atom is -0.341 e. The molecule has 0 bridgehead atoms. The highest BCUT2D eigenvalue weighted by atomic mass is 35.5. The standard InChI is InChI=1S/C16H22N2O.ClH/c19-16(15-7-4-10-17-15)18-11-8-14(9-12-18)13-5-2-1-3-6-13;/h1-3,5-6,14-15,17H,4,7-12H2;1H. The number of nitrogens with one attached hydrogen (secondary N) is 1. The van der Waals surface area contributed by atoms with Crippen LogP contribution in [0.25, 0.3) is 0 Å². The summed E-state index contributed by atoms with van der Waals surface area (Å²) in [4.78, 5) is 14.4. The Bertz CT molecular complexity index is 423. The quantitative estimate of drug-likeness (QED) is 0.909. The Morgan fingerprint density at radius 3 is 2.40 bits per heavy atom. The number of piperidine rings is 1. The maximum atomic E-state index is 12.3. The summed E-state index contributed by atoms with van der Waals surface area (Å²) in [5.74, 6) is 0.950. The molecule has 3 rings (SSSR count). The molecule has 3 nitrogen and oxygen atoms in total. The highest BCUT2D eigenvalue weighted by molar-refractivity contribution is 5.85. The molecule has 110 valence electrons. The van der Waals surface area contributed by atoms with Crippen LogP contribution in [0.5, 0.6) is 0 Å². The molecule has 1 amide bonds. The Hall–Kier alpha value is -1.06. The van der Waals surface area contributed by atoms with Gasteiger partial charge in [-0.3, -0.25) is 4.79 Å². The lowest BCUT2D eigenvalue weighted by molar-refractivity contribution is -0.134. The summed E-state index contributed by atoms with van der Waals surface area (Å²) < 4.78 is 0. The molecule has 0 radical (unpaired) electrons. The Labute approximate surface area is 127 Å². The molecular formula is C16H23ClN2O. The van der Waals surface area contributed by atoms with Gasteiger partial charge < -0.3 is 10.2 Å². The van der Waals surface area contributed by atoms with Crippen molar-refractivity contribution in [3.63, 3.8) is 0 Å². The second kappa shape index (κ2) is 7.09. The van der Waals surface area contributed by atoms with E-state index in [-0.39, 0.29) is 18.4 Å². The number of amides is 1. The first-order valence-corrected chi connectivity index (χ1v) is 7.42. The minimum atomic E-state index is 0. The SMILES string of the molecule is Cl.O=C(C1CCCN1)N1CCC(c2ccccc2)CC1. The number of carbonyl (C=O) groups excluding carboxylic acids is 1. The van der Waals surface area contributed by atoms with E-state index >= 15 is 0 Å². The van der Waals surface area contributed by atoms with E-state index in [1.807, 2.05) is 0 Å². The molecule has 2 aliphatic heterocycles. The van der Waals surface area contributed by atoms with E-state index in [9.17, 15) is 4.79 Å². The maximum absolute atomic E-state index is 12.3. The van der Waals surface area contributed by atoms with Crippen molar-refractivity contribution >= 4 is 18.3 Å². The van der Waals surface area contributed by atoms with Gasteiger partial charge in [0, 0.05) is 13.1 Å². The van der Waals surface area contributed by atoms with E-state index in [4.69, 9.17) is 0 Å². The van der Waals surface area contributed by atoms with Crippen LogP contribution >= 0.6 is 12.4 Å². The largest absolute Gasteiger partial charge is 0.341 e. The van der Waals surface area contributed by atoms with Gasteiger partial charge in [-0.05, 0) is 43.7 Å². The molecule has 2 heterocycles. The van der Waals surface area contributed by atoms with Crippen molar-refractivity contribution in [2.24, 2.45) is 0 Å². The first-order chi connectivity index (χ1) is 9.34. The van der Waals surface area contributed by atoms with Crippen LogP contribution in [-0.2, 0) is 4.79 Å². The first kappa shape index (κ1) is 15.3. The van der Waals surface area contributed by atoms with Crippen molar-refractivity contribution in [2.45, 2.75) is 37.6 Å². The Kier molecular flexibility index (Phi) is 5.44. The third-order valence-corrected chi connectivity index (χ3v) is 4.44. The topological polar surface area (TPSA) is 32.3 Å². The van der Waals surface area contributed by atoms with Gasteiger partial charge in [-0.15, -0.1) is 12.4 Å². The van der Waals surface area contributed by atoms with Crippen LogP contribution in [-0.4, -0.2) is 36.5 Å². The molecule has 0 spiro atoms. The van der Waals surface area contributed by atoms with Gasteiger partial charge in [0.1, 0.15) is 0 Å². The maximum Gasteiger partial charge on any atom is 0.239 e. The monoisotopic (exact) mass is 294 g/mol. The fourth-order valence-electron chi connectivity index (χ4n) is 3.27. The van der Waals surface area contributed by atoms with Gasteiger partial charge in [0.05, 0.1) is 6.04 Å².